The van der Waals surface area contributed by atoms with Crippen LogP contribution in [0.2, 0.25) is 5.02 Å². The molecule has 0 saturated heterocycles. The van der Waals surface area contributed by atoms with Gasteiger partial charge in [-0.15, -0.1) is 11.3 Å². The van der Waals surface area contributed by atoms with E-state index < -0.39 is 0 Å². The minimum atomic E-state index is -0.243. The van der Waals surface area contributed by atoms with Crippen molar-refractivity contribution in [1.29, 1.82) is 0 Å². The molecular weight excluding hydrogens is 395 g/mol. The topological polar surface area (TPSA) is 35.1 Å². The van der Waals surface area contributed by atoms with Gasteiger partial charge in [-0.3, -0.25) is 0 Å². The van der Waals surface area contributed by atoms with Crippen molar-refractivity contribution < 1.29 is 4.39 Å². The summed E-state index contributed by atoms with van der Waals surface area (Å²) < 4.78 is 18.5. The summed E-state index contributed by atoms with van der Waals surface area (Å²) in [5, 5.41) is 2.54. The Hall–Kier alpha value is -2.70. The third-order valence-electron chi connectivity index (χ3n) is 4.37. The van der Waals surface area contributed by atoms with Gasteiger partial charge in [0.15, 0.2) is 4.80 Å². The van der Waals surface area contributed by atoms with Crippen LogP contribution in [-0.2, 0) is 13.1 Å². The van der Waals surface area contributed by atoms with Crippen LogP contribution >= 0.6 is 22.9 Å². The molecular formula is C21H18ClFN4S. The number of hydrogen-bond donors (Lipinski definition) is 0. The lowest BCUT2D eigenvalue weighted by Gasteiger charge is -2.10. The van der Waals surface area contributed by atoms with Crippen molar-refractivity contribution in [1.82, 2.24) is 14.1 Å². The van der Waals surface area contributed by atoms with Gasteiger partial charge in [-0.1, -0.05) is 35.9 Å². The minimum absolute atomic E-state index is 0.243. The highest BCUT2D eigenvalue weighted by Gasteiger charge is 2.12. The fraction of sp³-hybridized carbons (Fsp3) is 0.143. The molecule has 4 rings (SSSR count). The lowest BCUT2D eigenvalue weighted by Crippen LogP contribution is -2.17. The fourth-order valence-corrected chi connectivity index (χ4v) is 4.11. The van der Waals surface area contributed by atoms with Gasteiger partial charge in [-0.25, -0.2) is 14.4 Å². The Labute approximate surface area is 171 Å². The van der Waals surface area contributed by atoms with Crippen LogP contribution in [0.15, 0.2) is 77.6 Å². The maximum Gasteiger partial charge on any atom is 0.190 e. The number of benzene rings is 2. The summed E-state index contributed by atoms with van der Waals surface area (Å²) in [6, 6.07) is 14.3. The monoisotopic (exact) mass is 412 g/mol. The highest BCUT2D eigenvalue weighted by atomic mass is 35.5. The maximum atomic E-state index is 14.4. The summed E-state index contributed by atoms with van der Waals surface area (Å²) in [4.78, 5) is 9.60. The second-order valence-corrected chi connectivity index (χ2v) is 7.50. The predicted octanol–water partition coefficient (Wildman–Crippen LogP) is 5.53. The van der Waals surface area contributed by atoms with Crippen LogP contribution in [-0.4, -0.2) is 14.1 Å². The van der Waals surface area contributed by atoms with Crippen LogP contribution in [0.1, 0.15) is 6.42 Å². The average molecular weight is 413 g/mol. The molecule has 4 nitrogen and oxygen atoms in total. The molecule has 0 unspecified atom stereocenters. The lowest BCUT2D eigenvalue weighted by atomic mass is 10.1. The lowest BCUT2D eigenvalue weighted by molar-refractivity contribution is 0.557. The highest BCUT2D eigenvalue weighted by Crippen LogP contribution is 2.26. The van der Waals surface area contributed by atoms with Gasteiger partial charge in [0, 0.05) is 36.4 Å². The normalized spacial score (nSPS) is 11.9. The molecule has 0 spiro atoms. The van der Waals surface area contributed by atoms with Crippen LogP contribution in [0, 0.1) is 5.82 Å². The molecule has 0 bridgehead atoms. The molecule has 0 radical (unpaired) electrons. The first kappa shape index (κ1) is 18.7. The van der Waals surface area contributed by atoms with Crippen LogP contribution in [0.4, 0.5) is 10.1 Å². The smallest absolute Gasteiger partial charge is 0.190 e. The fourth-order valence-electron chi connectivity index (χ4n) is 3.00. The van der Waals surface area contributed by atoms with E-state index in [1.165, 1.54) is 17.4 Å². The number of nitrogens with zero attached hydrogens (tertiary/aromatic N) is 4. The van der Waals surface area contributed by atoms with E-state index in [9.17, 15) is 4.39 Å². The molecule has 7 heteroatoms. The quantitative estimate of drug-likeness (QED) is 0.410. The number of aromatic nitrogens is 3. The Kier molecular flexibility index (Phi) is 5.69. The second-order valence-electron chi connectivity index (χ2n) is 6.25. The molecule has 0 atom stereocenters. The van der Waals surface area contributed by atoms with Gasteiger partial charge in [-0.2, -0.15) is 0 Å². The van der Waals surface area contributed by atoms with Gasteiger partial charge in [0.25, 0.3) is 0 Å². The Balaban J connectivity index is 1.73. The Morgan fingerprint density at radius 1 is 1.07 bits per heavy atom. The van der Waals surface area contributed by atoms with Gasteiger partial charge in [0.1, 0.15) is 5.82 Å². The van der Waals surface area contributed by atoms with E-state index in [2.05, 4.69) is 9.55 Å². The Bertz CT molecular complexity index is 1130. The number of para-hydroxylation sites is 1. The molecule has 0 aliphatic heterocycles. The average Bonchev–Trinajstić information content (AvgIpc) is 3.35. The Morgan fingerprint density at radius 3 is 2.68 bits per heavy atom. The first-order chi connectivity index (χ1) is 13.7. The zero-order valence-electron chi connectivity index (χ0n) is 15.0. The van der Waals surface area contributed by atoms with Crippen molar-refractivity contribution in [3.05, 3.63) is 88.3 Å². The number of aryl methyl sites for hydroxylation is 1. The van der Waals surface area contributed by atoms with E-state index in [0.29, 0.717) is 22.8 Å². The van der Waals surface area contributed by atoms with E-state index in [4.69, 9.17) is 16.6 Å². The van der Waals surface area contributed by atoms with Crippen molar-refractivity contribution in [3.63, 3.8) is 0 Å². The minimum Gasteiger partial charge on any atom is -0.337 e. The van der Waals surface area contributed by atoms with Crippen molar-refractivity contribution in [2.75, 3.05) is 0 Å². The summed E-state index contributed by atoms with van der Waals surface area (Å²) in [6.07, 6.45) is 6.36. The number of imidazole rings is 1. The molecule has 0 saturated carbocycles. The summed E-state index contributed by atoms with van der Waals surface area (Å²) >= 11 is 7.76. The van der Waals surface area contributed by atoms with E-state index in [1.54, 1.807) is 24.7 Å². The molecule has 2 heterocycles. The standard InChI is InChI=1S/C21H18ClFN4S/c22-17-7-2-4-9-19(17)25-21-27(12-5-11-26-13-10-24-15-26)20(14-28-21)16-6-1-3-8-18(16)23/h1-4,6-10,13-15H,5,11-12H2. The molecule has 0 aliphatic rings. The summed E-state index contributed by atoms with van der Waals surface area (Å²) in [7, 11) is 0. The van der Waals surface area contributed by atoms with Gasteiger partial charge in [-0.05, 0) is 30.7 Å². The summed E-state index contributed by atoms with van der Waals surface area (Å²) in [5.74, 6) is -0.243. The number of hydrogen-bond acceptors (Lipinski definition) is 3. The highest BCUT2D eigenvalue weighted by molar-refractivity contribution is 7.07. The largest absolute Gasteiger partial charge is 0.337 e. The zero-order chi connectivity index (χ0) is 19.3. The number of thiazole rings is 1. The predicted molar refractivity (Wildman–Crippen MR) is 111 cm³/mol. The van der Waals surface area contributed by atoms with Crippen LogP contribution in [0.25, 0.3) is 11.3 Å². The molecule has 0 N–H and O–H groups in total. The van der Waals surface area contributed by atoms with Crippen molar-refractivity contribution in [3.8, 4) is 11.3 Å². The first-order valence-electron chi connectivity index (χ1n) is 8.90. The Morgan fingerprint density at radius 2 is 1.89 bits per heavy atom. The molecule has 0 amide bonds. The molecule has 0 fully saturated rings. The zero-order valence-corrected chi connectivity index (χ0v) is 16.6. The number of halogens is 2. The third kappa shape index (κ3) is 4.08. The summed E-state index contributed by atoms with van der Waals surface area (Å²) in [6.45, 7) is 1.53. The summed E-state index contributed by atoms with van der Waals surface area (Å²) in [5.41, 5.74) is 2.09. The van der Waals surface area contributed by atoms with Gasteiger partial charge in [0.05, 0.1) is 22.7 Å². The van der Waals surface area contributed by atoms with Crippen molar-refractivity contribution in [2.45, 2.75) is 19.5 Å². The van der Waals surface area contributed by atoms with E-state index in [0.717, 1.165) is 23.5 Å². The van der Waals surface area contributed by atoms with Crippen LogP contribution in [0.5, 0.6) is 0 Å². The molecule has 28 heavy (non-hydrogen) atoms. The molecule has 0 aliphatic carbocycles. The van der Waals surface area contributed by atoms with Gasteiger partial charge >= 0.3 is 0 Å². The third-order valence-corrected chi connectivity index (χ3v) is 5.56. The van der Waals surface area contributed by atoms with Crippen molar-refractivity contribution in [2.24, 2.45) is 4.99 Å². The molecule has 142 valence electrons. The molecule has 4 aromatic rings. The van der Waals surface area contributed by atoms with Gasteiger partial charge < -0.3 is 9.13 Å². The van der Waals surface area contributed by atoms with Crippen molar-refractivity contribution >= 4 is 28.6 Å². The molecule has 2 aromatic heterocycles. The molecule has 2 aromatic carbocycles. The van der Waals surface area contributed by atoms with Gasteiger partial charge in [0.2, 0.25) is 0 Å². The van der Waals surface area contributed by atoms with E-state index >= 15 is 0 Å². The first-order valence-corrected chi connectivity index (χ1v) is 10.2. The van der Waals surface area contributed by atoms with E-state index in [1.807, 2.05) is 46.5 Å². The van der Waals surface area contributed by atoms with Crippen LogP contribution < -0.4 is 4.80 Å². The number of rotatable bonds is 6. The van der Waals surface area contributed by atoms with Crippen LogP contribution in [0.3, 0.4) is 0 Å². The SMILES string of the molecule is Fc1ccccc1-c1csc(=Nc2ccccc2Cl)n1CCCn1ccnc1. The maximum absolute atomic E-state index is 14.4. The van der Waals surface area contributed by atoms with E-state index in [-0.39, 0.29) is 5.82 Å². The second kappa shape index (κ2) is 8.54.